The average molecular weight is 245 g/mol. The molecule has 0 bridgehead atoms. The summed E-state index contributed by atoms with van der Waals surface area (Å²) in [6.07, 6.45) is 4.91. The van der Waals surface area contributed by atoms with Crippen LogP contribution in [0.3, 0.4) is 0 Å². The van der Waals surface area contributed by atoms with Crippen LogP contribution in [0, 0.1) is 5.92 Å². The van der Waals surface area contributed by atoms with E-state index in [-0.39, 0.29) is 12.1 Å². The van der Waals surface area contributed by atoms with Gasteiger partial charge in [-0.05, 0) is 43.6 Å². The zero-order chi connectivity index (χ0) is 12.0. The molecule has 2 nitrogen and oxygen atoms in total. The number of aliphatic hydroxyl groups excluding tert-OH is 1. The summed E-state index contributed by atoms with van der Waals surface area (Å²) in [5.74, 6) is 3.23. The first-order valence-corrected chi connectivity index (χ1v) is 7.71. The van der Waals surface area contributed by atoms with Crippen molar-refractivity contribution in [1.29, 1.82) is 0 Å². The van der Waals surface area contributed by atoms with E-state index in [9.17, 15) is 5.11 Å². The normalized spacial score (nSPS) is 21.8. The van der Waals surface area contributed by atoms with Crippen LogP contribution in [-0.4, -0.2) is 34.8 Å². The van der Waals surface area contributed by atoms with E-state index in [4.69, 9.17) is 0 Å². The third kappa shape index (κ3) is 5.55. The smallest absolute Gasteiger partial charge is 0.0610 e. The van der Waals surface area contributed by atoms with Crippen LogP contribution in [0.4, 0.5) is 0 Å². The number of aliphatic hydroxyl groups is 1. The molecule has 3 heteroatoms. The van der Waals surface area contributed by atoms with E-state index >= 15 is 0 Å². The fourth-order valence-electron chi connectivity index (χ4n) is 1.62. The van der Waals surface area contributed by atoms with Crippen LogP contribution in [0.2, 0.25) is 0 Å². The second-order valence-corrected chi connectivity index (χ2v) is 6.63. The van der Waals surface area contributed by atoms with Crippen molar-refractivity contribution in [3.8, 4) is 0 Å². The zero-order valence-corrected chi connectivity index (χ0v) is 11.8. The van der Waals surface area contributed by atoms with Crippen molar-refractivity contribution in [3.05, 3.63) is 0 Å². The number of nitrogens with one attached hydrogen (secondary N) is 1. The van der Waals surface area contributed by atoms with Crippen LogP contribution < -0.4 is 5.32 Å². The van der Waals surface area contributed by atoms with Crippen molar-refractivity contribution in [3.63, 3.8) is 0 Å². The Labute approximate surface area is 105 Å². The Hall–Kier alpha value is 0.270. The highest BCUT2D eigenvalue weighted by Gasteiger charge is 2.31. The van der Waals surface area contributed by atoms with Crippen LogP contribution in [-0.2, 0) is 0 Å². The Morgan fingerprint density at radius 3 is 2.69 bits per heavy atom. The Morgan fingerprint density at radius 2 is 2.19 bits per heavy atom. The fraction of sp³-hybridized carbons (Fsp3) is 1.00. The molecule has 16 heavy (non-hydrogen) atoms. The molecule has 0 spiro atoms. The summed E-state index contributed by atoms with van der Waals surface area (Å²) in [5.41, 5.74) is -0.0520. The average Bonchev–Trinajstić information content (AvgIpc) is 3.08. The molecule has 1 fully saturated rings. The van der Waals surface area contributed by atoms with E-state index in [1.165, 1.54) is 25.0 Å². The molecule has 0 heterocycles. The van der Waals surface area contributed by atoms with Gasteiger partial charge in [0.05, 0.1) is 6.61 Å². The third-order valence-corrected chi connectivity index (χ3v) is 4.67. The minimum absolute atomic E-state index is 0.0520. The summed E-state index contributed by atoms with van der Waals surface area (Å²) >= 11 is 2.02. The van der Waals surface area contributed by atoms with Gasteiger partial charge in [0.1, 0.15) is 0 Å². The summed E-state index contributed by atoms with van der Waals surface area (Å²) < 4.78 is 0. The van der Waals surface area contributed by atoms with Crippen molar-refractivity contribution < 1.29 is 5.11 Å². The second kappa shape index (κ2) is 6.87. The maximum atomic E-state index is 9.44. The maximum Gasteiger partial charge on any atom is 0.0610 e. The molecule has 0 aliphatic heterocycles. The van der Waals surface area contributed by atoms with Gasteiger partial charge in [-0.25, -0.2) is 0 Å². The lowest BCUT2D eigenvalue weighted by Gasteiger charge is -2.29. The molecule has 0 aromatic carbocycles. The van der Waals surface area contributed by atoms with E-state index in [1.807, 2.05) is 11.8 Å². The molecule has 2 unspecified atom stereocenters. The predicted molar refractivity (Wildman–Crippen MR) is 73.0 cm³/mol. The van der Waals surface area contributed by atoms with Gasteiger partial charge in [0, 0.05) is 11.6 Å². The monoisotopic (exact) mass is 245 g/mol. The van der Waals surface area contributed by atoms with Crippen LogP contribution in [0.1, 0.15) is 46.5 Å². The molecule has 1 saturated carbocycles. The lowest BCUT2D eigenvalue weighted by Crippen LogP contribution is -2.47. The molecular formula is C13H27NOS. The van der Waals surface area contributed by atoms with Gasteiger partial charge in [-0.15, -0.1) is 0 Å². The number of hydrogen-bond acceptors (Lipinski definition) is 3. The summed E-state index contributed by atoms with van der Waals surface area (Å²) in [5, 5.41) is 13.0. The molecule has 2 atom stereocenters. The third-order valence-electron chi connectivity index (χ3n) is 3.38. The van der Waals surface area contributed by atoms with E-state index < -0.39 is 0 Å². The topological polar surface area (TPSA) is 32.3 Å². The molecule has 0 aromatic heterocycles. The van der Waals surface area contributed by atoms with E-state index in [0.29, 0.717) is 6.04 Å². The summed E-state index contributed by atoms with van der Waals surface area (Å²) in [7, 11) is 0. The number of rotatable bonds is 9. The van der Waals surface area contributed by atoms with E-state index in [0.717, 1.165) is 18.1 Å². The Balaban J connectivity index is 2.12. The Kier molecular flexibility index (Phi) is 6.16. The van der Waals surface area contributed by atoms with Crippen LogP contribution in [0.15, 0.2) is 0 Å². The first-order valence-electron chi connectivity index (χ1n) is 6.56. The Morgan fingerprint density at radius 1 is 1.50 bits per heavy atom. The fourth-order valence-corrected chi connectivity index (χ4v) is 3.02. The van der Waals surface area contributed by atoms with Gasteiger partial charge in [-0.3, -0.25) is 0 Å². The number of hydrogen-bond donors (Lipinski definition) is 2. The summed E-state index contributed by atoms with van der Waals surface area (Å²) in [6.45, 7) is 6.96. The van der Waals surface area contributed by atoms with Crippen molar-refractivity contribution in [2.45, 2.75) is 58.0 Å². The van der Waals surface area contributed by atoms with Crippen molar-refractivity contribution >= 4 is 11.8 Å². The number of thioether (sulfide) groups is 1. The van der Waals surface area contributed by atoms with Gasteiger partial charge >= 0.3 is 0 Å². The predicted octanol–water partition coefficient (Wildman–Crippen LogP) is 2.66. The molecule has 0 saturated heterocycles. The molecule has 1 aliphatic carbocycles. The van der Waals surface area contributed by atoms with Crippen LogP contribution >= 0.6 is 11.8 Å². The quantitative estimate of drug-likeness (QED) is 0.613. The molecular weight excluding hydrogens is 218 g/mol. The molecule has 96 valence electrons. The molecule has 0 radical (unpaired) electrons. The minimum atomic E-state index is -0.0520. The van der Waals surface area contributed by atoms with E-state index in [1.54, 1.807) is 0 Å². The van der Waals surface area contributed by atoms with Gasteiger partial charge in [0.2, 0.25) is 0 Å². The first kappa shape index (κ1) is 14.3. The van der Waals surface area contributed by atoms with E-state index in [2.05, 4.69) is 26.1 Å². The Bertz CT molecular complexity index is 196. The van der Waals surface area contributed by atoms with Gasteiger partial charge < -0.3 is 10.4 Å². The van der Waals surface area contributed by atoms with Gasteiger partial charge in [-0.2, -0.15) is 11.8 Å². The van der Waals surface area contributed by atoms with Crippen LogP contribution in [0.5, 0.6) is 0 Å². The minimum Gasteiger partial charge on any atom is -0.394 e. The molecule has 0 aromatic rings. The summed E-state index contributed by atoms with van der Waals surface area (Å²) in [4.78, 5) is 0. The standard InChI is InChI=1S/C13H27NOS/c1-4-11(2)9-16-8-7-13(3,10-15)14-12-5-6-12/h11-12,14-15H,4-10H2,1-3H3. The van der Waals surface area contributed by atoms with Gasteiger partial charge in [0.15, 0.2) is 0 Å². The molecule has 1 rings (SSSR count). The van der Waals surface area contributed by atoms with Crippen molar-refractivity contribution in [1.82, 2.24) is 5.32 Å². The lowest BCUT2D eigenvalue weighted by atomic mass is 10.0. The van der Waals surface area contributed by atoms with Crippen LogP contribution in [0.25, 0.3) is 0 Å². The maximum absolute atomic E-state index is 9.44. The zero-order valence-electron chi connectivity index (χ0n) is 11.0. The van der Waals surface area contributed by atoms with Crippen molar-refractivity contribution in [2.75, 3.05) is 18.1 Å². The van der Waals surface area contributed by atoms with Crippen molar-refractivity contribution in [2.24, 2.45) is 5.92 Å². The highest BCUT2D eigenvalue weighted by molar-refractivity contribution is 7.99. The highest BCUT2D eigenvalue weighted by atomic mass is 32.2. The molecule has 1 aliphatic rings. The second-order valence-electron chi connectivity index (χ2n) is 5.48. The largest absolute Gasteiger partial charge is 0.394 e. The van der Waals surface area contributed by atoms with Gasteiger partial charge in [-0.1, -0.05) is 20.3 Å². The lowest BCUT2D eigenvalue weighted by molar-refractivity contribution is 0.169. The SMILES string of the molecule is CCC(C)CSCCC(C)(CO)NC1CC1. The molecule has 0 amide bonds. The first-order chi connectivity index (χ1) is 7.59. The molecule has 2 N–H and O–H groups in total. The van der Waals surface area contributed by atoms with Gasteiger partial charge in [0.25, 0.3) is 0 Å². The highest BCUT2D eigenvalue weighted by Crippen LogP contribution is 2.25. The summed E-state index contributed by atoms with van der Waals surface area (Å²) in [6, 6.07) is 0.678.